The van der Waals surface area contributed by atoms with E-state index in [1.807, 2.05) is 18.2 Å². The van der Waals surface area contributed by atoms with Gasteiger partial charge in [-0.25, -0.2) is 0 Å². The minimum atomic E-state index is -0.592. The number of carbonyl (C=O) groups is 2. The van der Waals surface area contributed by atoms with Gasteiger partial charge in [-0.05, 0) is 18.9 Å². The van der Waals surface area contributed by atoms with Gasteiger partial charge in [-0.3, -0.25) is 14.5 Å². The molecule has 0 radical (unpaired) electrons. The standard InChI is InChI=1S/C15H17NO3/c1-11-7-15(8-13(17)19-14(15)18)10-16(11)9-12-5-3-2-4-6-12/h2-6,11H,7-10H2,1H3. The van der Waals surface area contributed by atoms with E-state index in [1.165, 1.54) is 5.56 Å². The molecule has 3 rings (SSSR count). The highest BCUT2D eigenvalue weighted by Crippen LogP contribution is 2.43. The molecule has 2 heterocycles. The third-order valence-electron chi connectivity index (χ3n) is 4.17. The van der Waals surface area contributed by atoms with Crippen LogP contribution in [0.4, 0.5) is 0 Å². The van der Waals surface area contributed by atoms with Crippen molar-refractivity contribution in [1.29, 1.82) is 0 Å². The second-order valence-electron chi connectivity index (χ2n) is 5.66. The fourth-order valence-electron chi connectivity index (χ4n) is 3.21. The number of likely N-dealkylation sites (tertiary alicyclic amines) is 1. The second-order valence-corrected chi connectivity index (χ2v) is 5.66. The number of ether oxygens (including phenoxy) is 1. The van der Waals surface area contributed by atoms with Crippen molar-refractivity contribution in [3.63, 3.8) is 0 Å². The molecule has 2 atom stereocenters. The smallest absolute Gasteiger partial charge is 0.321 e. The maximum absolute atomic E-state index is 11.9. The molecule has 0 aromatic heterocycles. The van der Waals surface area contributed by atoms with Crippen molar-refractivity contribution >= 4 is 11.9 Å². The summed E-state index contributed by atoms with van der Waals surface area (Å²) in [5, 5.41) is 0. The Balaban J connectivity index is 1.76. The predicted molar refractivity (Wildman–Crippen MR) is 69.1 cm³/mol. The summed E-state index contributed by atoms with van der Waals surface area (Å²) >= 11 is 0. The molecule has 100 valence electrons. The Morgan fingerprint density at radius 2 is 2.05 bits per heavy atom. The van der Waals surface area contributed by atoms with Crippen molar-refractivity contribution in [3.05, 3.63) is 35.9 Å². The molecule has 4 heteroatoms. The molecule has 4 nitrogen and oxygen atoms in total. The van der Waals surface area contributed by atoms with E-state index in [2.05, 4.69) is 24.0 Å². The molecule has 2 fully saturated rings. The van der Waals surface area contributed by atoms with Crippen molar-refractivity contribution in [3.8, 4) is 0 Å². The molecular formula is C15H17NO3. The predicted octanol–water partition coefficient (Wildman–Crippen LogP) is 1.74. The van der Waals surface area contributed by atoms with Crippen LogP contribution in [-0.4, -0.2) is 29.4 Å². The highest BCUT2D eigenvalue weighted by atomic mass is 16.6. The lowest BCUT2D eigenvalue weighted by Gasteiger charge is -2.21. The zero-order valence-electron chi connectivity index (χ0n) is 11.0. The van der Waals surface area contributed by atoms with E-state index in [-0.39, 0.29) is 18.4 Å². The molecule has 0 N–H and O–H groups in total. The summed E-state index contributed by atoms with van der Waals surface area (Å²) in [6.45, 7) is 3.53. The van der Waals surface area contributed by atoms with Crippen LogP contribution in [0.3, 0.4) is 0 Å². The van der Waals surface area contributed by atoms with E-state index in [4.69, 9.17) is 4.74 Å². The molecule has 2 saturated heterocycles. The lowest BCUT2D eigenvalue weighted by atomic mass is 9.84. The van der Waals surface area contributed by atoms with Crippen LogP contribution in [0.2, 0.25) is 0 Å². The highest BCUT2D eigenvalue weighted by Gasteiger charge is 2.55. The van der Waals surface area contributed by atoms with Gasteiger partial charge in [0.15, 0.2) is 0 Å². The fraction of sp³-hybridized carbons (Fsp3) is 0.467. The summed E-state index contributed by atoms with van der Waals surface area (Å²) in [6, 6.07) is 10.5. The zero-order chi connectivity index (χ0) is 13.5. The van der Waals surface area contributed by atoms with E-state index < -0.39 is 5.41 Å². The number of carbonyl (C=O) groups excluding carboxylic acids is 2. The average molecular weight is 259 g/mol. The Bertz CT molecular complexity index is 513. The van der Waals surface area contributed by atoms with Gasteiger partial charge in [0, 0.05) is 19.1 Å². The minimum Gasteiger partial charge on any atom is -0.393 e. The van der Waals surface area contributed by atoms with Crippen molar-refractivity contribution in [2.75, 3.05) is 6.54 Å². The lowest BCUT2D eigenvalue weighted by Crippen LogP contribution is -2.31. The summed E-state index contributed by atoms with van der Waals surface area (Å²) in [6.07, 6.45) is 0.950. The largest absolute Gasteiger partial charge is 0.393 e. The monoisotopic (exact) mass is 259 g/mol. The minimum absolute atomic E-state index is 0.238. The van der Waals surface area contributed by atoms with Crippen LogP contribution in [-0.2, 0) is 20.9 Å². The van der Waals surface area contributed by atoms with Gasteiger partial charge in [0.05, 0.1) is 11.8 Å². The van der Waals surface area contributed by atoms with Gasteiger partial charge >= 0.3 is 11.9 Å². The molecular weight excluding hydrogens is 242 g/mol. The van der Waals surface area contributed by atoms with Crippen molar-refractivity contribution in [1.82, 2.24) is 4.90 Å². The molecule has 2 unspecified atom stereocenters. The van der Waals surface area contributed by atoms with E-state index in [9.17, 15) is 9.59 Å². The number of cyclic esters (lactones) is 2. The fourth-order valence-corrected chi connectivity index (χ4v) is 3.21. The van der Waals surface area contributed by atoms with Gasteiger partial charge < -0.3 is 4.74 Å². The Morgan fingerprint density at radius 3 is 2.68 bits per heavy atom. The SMILES string of the molecule is CC1CC2(CC(=O)OC2=O)CN1Cc1ccccc1. The molecule has 19 heavy (non-hydrogen) atoms. The van der Waals surface area contributed by atoms with Gasteiger partial charge in [-0.15, -0.1) is 0 Å². The lowest BCUT2D eigenvalue weighted by molar-refractivity contribution is -0.154. The van der Waals surface area contributed by atoms with Crippen LogP contribution in [0.5, 0.6) is 0 Å². The number of hydrogen-bond acceptors (Lipinski definition) is 4. The van der Waals surface area contributed by atoms with Gasteiger partial charge in [0.2, 0.25) is 0 Å². The number of nitrogens with zero attached hydrogens (tertiary/aromatic N) is 1. The Kier molecular flexibility index (Phi) is 2.90. The maximum Gasteiger partial charge on any atom is 0.321 e. The topological polar surface area (TPSA) is 46.6 Å². The van der Waals surface area contributed by atoms with Crippen LogP contribution in [0.1, 0.15) is 25.3 Å². The third kappa shape index (κ3) is 2.16. The molecule has 2 aliphatic rings. The molecule has 0 aliphatic carbocycles. The van der Waals surface area contributed by atoms with Crippen molar-refractivity contribution < 1.29 is 14.3 Å². The highest BCUT2D eigenvalue weighted by molar-refractivity contribution is 5.97. The van der Waals surface area contributed by atoms with Crippen molar-refractivity contribution in [2.24, 2.45) is 5.41 Å². The van der Waals surface area contributed by atoms with Gasteiger partial charge in [0.25, 0.3) is 0 Å². The summed E-state index contributed by atoms with van der Waals surface area (Å²) in [7, 11) is 0. The van der Waals surface area contributed by atoms with Crippen molar-refractivity contribution in [2.45, 2.75) is 32.4 Å². The molecule has 1 aromatic rings. The normalized spacial score (nSPS) is 31.1. The summed E-state index contributed by atoms with van der Waals surface area (Å²) < 4.78 is 4.74. The maximum atomic E-state index is 11.9. The average Bonchev–Trinajstić information content (AvgIpc) is 2.81. The molecule has 0 bridgehead atoms. The third-order valence-corrected chi connectivity index (χ3v) is 4.17. The summed E-state index contributed by atoms with van der Waals surface area (Å²) in [5.74, 6) is -0.710. The summed E-state index contributed by atoms with van der Waals surface area (Å²) in [4.78, 5) is 25.5. The quantitative estimate of drug-likeness (QED) is 0.599. The Labute approximate surface area is 112 Å². The van der Waals surface area contributed by atoms with Crippen LogP contribution in [0.15, 0.2) is 30.3 Å². The number of esters is 2. The molecule has 2 aliphatic heterocycles. The van der Waals surface area contributed by atoms with Crippen LogP contribution < -0.4 is 0 Å². The van der Waals surface area contributed by atoms with Crippen LogP contribution >= 0.6 is 0 Å². The first kappa shape index (κ1) is 12.4. The zero-order valence-corrected chi connectivity index (χ0v) is 11.0. The first-order valence-corrected chi connectivity index (χ1v) is 6.62. The number of benzene rings is 1. The van der Waals surface area contributed by atoms with Crippen LogP contribution in [0, 0.1) is 5.41 Å². The van der Waals surface area contributed by atoms with E-state index in [0.717, 1.165) is 6.54 Å². The van der Waals surface area contributed by atoms with Gasteiger partial charge in [-0.1, -0.05) is 30.3 Å². The van der Waals surface area contributed by atoms with Crippen LogP contribution in [0.25, 0.3) is 0 Å². The Hall–Kier alpha value is -1.68. The van der Waals surface area contributed by atoms with E-state index >= 15 is 0 Å². The van der Waals surface area contributed by atoms with Gasteiger partial charge in [0.1, 0.15) is 0 Å². The second kappa shape index (κ2) is 4.46. The Morgan fingerprint density at radius 1 is 1.32 bits per heavy atom. The molecule has 0 amide bonds. The number of rotatable bonds is 2. The van der Waals surface area contributed by atoms with Gasteiger partial charge in [-0.2, -0.15) is 0 Å². The molecule has 0 saturated carbocycles. The van der Waals surface area contributed by atoms with E-state index in [1.54, 1.807) is 0 Å². The summed E-state index contributed by atoms with van der Waals surface area (Å²) in [5.41, 5.74) is 0.634. The van der Waals surface area contributed by atoms with E-state index in [0.29, 0.717) is 19.0 Å². The first-order chi connectivity index (χ1) is 9.09. The number of hydrogen-bond donors (Lipinski definition) is 0. The molecule has 1 spiro atoms. The molecule has 1 aromatic carbocycles. The first-order valence-electron chi connectivity index (χ1n) is 6.62.